The van der Waals surface area contributed by atoms with Crippen molar-refractivity contribution in [3.05, 3.63) is 33.1 Å². The first kappa shape index (κ1) is 33.9. The zero-order valence-electron chi connectivity index (χ0n) is 23.9. The van der Waals surface area contributed by atoms with Gasteiger partial charge in [-0.2, -0.15) is 8.42 Å². The van der Waals surface area contributed by atoms with Crippen LogP contribution in [0.3, 0.4) is 0 Å². The number of β-lactam (4-membered cyclic amide) rings is 1. The molecule has 2 aromatic heterocycles. The number of aromatic amines is 1. The summed E-state index contributed by atoms with van der Waals surface area (Å²) in [5.41, 5.74) is 3.34. The van der Waals surface area contributed by atoms with E-state index >= 15 is 0 Å². The van der Waals surface area contributed by atoms with Crippen molar-refractivity contribution in [3.63, 3.8) is 0 Å². The number of carboxylic acid groups (broad SMARTS) is 1. The number of hydrogen-bond donors (Lipinski definition) is 8. The summed E-state index contributed by atoms with van der Waals surface area (Å²) in [6, 6.07) is -3.59. The van der Waals surface area contributed by atoms with Crippen LogP contribution in [0.1, 0.15) is 30.0 Å². The summed E-state index contributed by atoms with van der Waals surface area (Å²) in [5, 5.41) is 35.7. The van der Waals surface area contributed by atoms with Gasteiger partial charge < -0.3 is 36.2 Å². The first-order valence-corrected chi connectivity index (χ1v) is 15.1. The molecule has 2 aliphatic heterocycles. The third-order valence-corrected chi connectivity index (χ3v) is 8.31. The number of anilines is 1. The molecule has 2 aliphatic rings. The van der Waals surface area contributed by atoms with Crippen LogP contribution < -0.4 is 26.6 Å². The van der Waals surface area contributed by atoms with E-state index in [2.05, 4.69) is 15.5 Å². The average Bonchev–Trinajstić information content (AvgIpc) is 3.57. The van der Waals surface area contributed by atoms with Crippen LogP contribution in [-0.4, -0.2) is 121 Å². The predicted molar refractivity (Wildman–Crippen MR) is 154 cm³/mol. The molecule has 0 saturated carbocycles. The molecule has 25 heteroatoms. The number of amides is 7. The van der Waals surface area contributed by atoms with Crippen molar-refractivity contribution in [2.45, 2.75) is 25.5 Å². The maximum Gasteiger partial charge on any atom is 0.353 e. The number of carbonyl (C=O) groups excluding carboxylic acids is 5. The zero-order valence-corrected chi connectivity index (χ0v) is 25.5. The number of urea groups is 2. The summed E-state index contributed by atoms with van der Waals surface area (Å²) in [4.78, 5) is 97.4. The highest BCUT2D eigenvalue weighted by Crippen LogP contribution is 2.19. The monoisotopic (exact) mass is 700 g/mol. The van der Waals surface area contributed by atoms with E-state index in [9.17, 15) is 57.3 Å². The van der Waals surface area contributed by atoms with Crippen LogP contribution in [0.4, 0.5) is 14.7 Å². The van der Waals surface area contributed by atoms with E-state index in [-0.39, 0.29) is 15.1 Å². The van der Waals surface area contributed by atoms with E-state index in [1.165, 1.54) is 10.1 Å². The number of carboxylic acids is 1. The number of aromatic nitrogens is 2. The molecule has 7 amide bonds. The number of aromatic hydroxyl groups is 2. The second-order valence-corrected chi connectivity index (χ2v) is 12.5. The second kappa shape index (κ2) is 12.4. The Kier molecular flexibility index (Phi) is 8.97. The highest BCUT2D eigenvalue weighted by molar-refractivity contribution is 7.88. The standard InChI is InChI=1S/C22H24N10O13S2/c1-22(2,18(39)40)45-28-12(10-7-46-19(23)26-10)15(36)25-9-6-30(17(9)38)20(41)29-47(43,44)32-4-3-31(21(32)42)27-14(35)8-5-11(33)13(34)16(37)24-8/h5,7,9,34H,3-4,6H2,1-2H3,(H2,23,26)(H,25,36)(H,27,35)(H,29,41)(H,39,40)(H2,24,33,37)/b28-12+. The maximum atomic E-state index is 12.9. The number of carbonyl (C=O) groups is 6. The van der Waals surface area contributed by atoms with Crippen molar-refractivity contribution in [2.75, 3.05) is 25.4 Å². The summed E-state index contributed by atoms with van der Waals surface area (Å²) in [6.45, 7) is 0.775. The number of aliphatic carboxylic acids is 1. The van der Waals surface area contributed by atoms with Gasteiger partial charge in [-0.3, -0.25) is 29.5 Å². The van der Waals surface area contributed by atoms with Gasteiger partial charge in [0.2, 0.25) is 22.7 Å². The number of likely N-dealkylation sites (tertiary alicyclic amines) is 1. The lowest BCUT2D eigenvalue weighted by Gasteiger charge is -2.36. The quantitative estimate of drug-likeness (QED) is 0.0686. The van der Waals surface area contributed by atoms with Crippen molar-refractivity contribution in [1.29, 1.82) is 0 Å². The highest BCUT2D eigenvalue weighted by atomic mass is 32.2. The topological polar surface area (TPSA) is 336 Å². The lowest BCUT2D eigenvalue weighted by Crippen LogP contribution is -2.68. The van der Waals surface area contributed by atoms with Crippen LogP contribution in [0.5, 0.6) is 11.6 Å². The Hall–Kier alpha value is -5.98. The summed E-state index contributed by atoms with van der Waals surface area (Å²) >= 11 is 0.920. The van der Waals surface area contributed by atoms with Gasteiger partial charge in [0, 0.05) is 11.4 Å². The molecule has 1 atom stereocenters. The molecule has 9 N–H and O–H groups in total. The van der Waals surface area contributed by atoms with Crippen molar-refractivity contribution in [2.24, 2.45) is 5.16 Å². The number of rotatable bonds is 10. The van der Waals surface area contributed by atoms with Gasteiger partial charge in [0.05, 0.1) is 19.6 Å². The van der Waals surface area contributed by atoms with Gasteiger partial charge in [-0.15, -0.1) is 11.3 Å². The Morgan fingerprint density at radius 2 is 1.87 bits per heavy atom. The van der Waals surface area contributed by atoms with Crippen LogP contribution in [-0.2, 0) is 29.4 Å². The van der Waals surface area contributed by atoms with Crippen LogP contribution in [0.25, 0.3) is 0 Å². The van der Waals surface area contributed by atoms with Gasteiger partial charge in [-0.05, 0) is 13.8 Å². The molecular weight excluding hydrogens is 676 g/mol. The van der Waals surface area contributed by atoms with Gasteiger partial charge in [0.1, 0.15) is 17.4 Å². The van der Waals surface area contributed by atoms with Crippen molar-refractivity contribution < 1.29 is 57.3 Å². The van der Waals surface area contributed by atoms with Crippen molar-refractivity contribution in [3.8, 4) is 11.6 Å². The minimum atomic E-state index is -4.94. The smallest absolute Gasteiger partial charge is 0.353 e. The fourth-order valence-corrected chi connectivity index (χ4v) is 5.27. The third kappa shape index (κ3) is 6.98. The van der Waals surface area contributed by atoms with Crippen molar-refractivity contribution >= 4 is 68.1 Å². The number of nitrogen functional groups attached to an aromatic ring is 1. The Bertz CT molecular complexity index is 1890. The Morgan fingerprint density at radius 1 is 1.19 bits per heavy atom. The molecular formula is C22H24N10O13S2. The lowest BCUT2D eigenvalue weighted by atomic mass is 10.1. The first-order valence-electron chi connectivity index (χ1n) is 12.8. The summed E-state index contributed by atoms with van der Waals surface area (Å²) in [6.07, 6.45) is 0. The fraction of sp³-hybridized carbons (Fsp3) is 0.318. The molecule has 23 nitrogen and oxygen atoms in total. The molecule has 0 aromatic carbocycles. The molecule has 47 heavy (non-hydrogen) atoms. The maximum absolute atomic E-state index is 12.9. The molecule has 0 aliphatic carbocycles. The van der Waals surface area contributed by atoms with Crippen LogP contribution in [0.15, 0.2) is 21.4 Å². The number of nitrogens with zero attached hydrogens (tertiary/aromatic N) is 5. The number of H-pyrrole nitrogens is 1. The number of hydrogen-bond acceptors (Lipinski definition) is 16. The molecule has 0 bridgehead atoms. The molecule has 2 fully saturated rings. The number of hydrazine groups is 1. The average molecular weight is 701 g/mol. The van der Waals surface area contributed by atoms with Gasteiger partial charge in [0.25, 0.3) is 17.7 Å². The number of imide groups is 1. The van der Waals surface area contributed by atoms with E-state index in [0.29, 0.717) is 16.0 Å². The SMILES string of the molecule is CC(C)(O/N=C(/C(=O)NC1CN(C(=O)NS(=O)(=O)N2CCN(NC(=O)c3cc(=O)c(O)c(O)[nH]3)C2=O)C1=O)c1csc(N)n1)C(=O)O. The lowest BCUT2D eigenvalue weighted by molar-refractivity contribution is -0.161. The Balaban J connectivity index is 1.36. The van der Waals surface area contributed by atoms with E-state index in [1.54, 1.807) is 0 Å². The predicted octanol–water partition coefficient (Wildman–Crippen LogP) is -3.23. The minimum Gasteiger partial charge on any atom is -0.500 e. The molecule has 2 saturated heterocycles. The molecule has 4 heterocycles. The largest absolute Gasteiger partial charge is 0.500 e. The Labute approximate surface area is 265 Å². The fourth-order valence-electron chi connectivity index (χ4n) is 3.65. The van der Waals surface area contributed by atoms with E-state index in [0.717, 1.165) is 25.2 Å². The minimum absolute atomic E-state index is 0.0257. The highest BCUT2D eigenvalue weighted by Gasteiger charge is 2.46. The van der Waals surface area contributed by atoms with Crippen molar-refractivity contribution in [1.82, 2.24) is 39.6 Å². The van der Waals surface area contributed by atoms with E-state index in [1.807, 2.05) is 10.4 Å². The van der Waals surface area contributed by atoms with Crippen LogP contribution in [0, 0.1) is 0 Å². The number of pyridine rings is 1. The van der Waals surface area contributed by atoms with Gasteiger partial charge in [-0.1, -0.05) is 5.16 Å². The van der Waals surface area contributed by atoms with E-state index in [4.69, 9.17) is 10.6 Å². The van der Waals surface area contributed by atoms with Crippen LogP contribution in [0.2, 0.25) is 0 Å². The molecule has 2 aromatic rings. The molecule has 1 unspecified atom stereocenters. The van der Waals surface area contributed by atoms with Gasteiger partial charge in [0.15, 0.2) is 10.8 Å². The summed E-state index contributed by atoms with van der Waals surface area (Å²) in [5.74, 6) is -6.81. The number of nitrogens with two attached hydrogens (primary N) is 1. The van der Waals surface area contributed by atoms with Crippen LogP contribution >= 0.6 is 11.3 Å². The number of oxime groups is 1. The normalized spacial score (nSPS) is 16.9. The van der Waals surface area contributed by atoms with E-state index < -0.39 is 106 Å². The first-order chi connectivity index (χ1) is 21.8. The number of thiazole rings is 1. The van der Waals surface area contributed by atoms with Gasteiger partial charge in [-0.25, -0.2) is 33.4 Å². The molecule has 252 valence electrons. The number of nitrogens with one attached hydrogen (secondary N) is 4. The Morgan fingerprint density at radius 3 is 2.45 bits per heavy atom. The van der Waals surface area contributed by atoms with Gasteiger partial charge >= 0.3 is 28.2 Å². The molecule has 0 spiro atoms. The summed E-state index contributed by atoms with van der Waals surface area (Å²) in [7, 11) is -4.94. The molecule has 4 rings (SSSR count). The summed E-state index contributed by atoms with van der Waals surface area (Å²) < 4.78 is 27.2. The third-order valence-electron chi connectivity index (χ3n) is 6.28. The second-order valence-electron chi connectivity index (χ2n) is 10.00. The zero-order chi connectivity index (χ0) is 35.0. The molecule has 0 radical (unpaired) electrons.